The molecule has 4 heteroatoms. The molecule has 1 heterocycles. The number of rotatable bonds is 4. The highest BCUT2D eigenvalue weighted by Crippen LogP contribution is 2.10. The van der Waals surface area contributed by atoms with Crippen LogP contribution in [0.5, 0.6) is 0 Å². The first-order chi connectivity index (χ1) is 5.70. The van der Waals surface area contributed by atoms with Gasteiger partial charge in [-0.1, -0.05) is 0 Å². The molecule has 1 rings (SSSR count). The molecule has 0 aromatic carbocycles. The summed E-state index contributed by atoms with van der Waals surface area (Å²) in [6, 6.07) is 0. The third-order valence-corrected chi connectivity index (χ3v) is 2.51. The predicted octanol–water partition coefficient (Wildman–Crippen LogP) is 0.922. The molecule has 1 atom stereocenters. The van der Waals surface area contributed by atoms with Crippen LogP contribution in [0.1, 0.15) is 17.5 Å². The van der Waals surface area contributed by atoms with Crippen LogP contribution in [0.4, 0.5) is 0 Å². The van der Waals surface area contributed by atoms with E-state index in [0.29, 0.717) is 6.54 Å². The fourth-order valence-corrected chi connectivity index (χ4v) is 1.64. The van der Waals surface area contributed by atoms with Crippen LogP contribution in [0.3, 0.4) is 0 Å². The third kappa shape index (κ3) is 2.89. The SMILES string of the molecule is Cc1ncsc1CNC[C@H](C)O. The molecule has 1 aromatic rings. The van der Waals surface area contributed by atoms with Gasteiger partial charge in [-0.2, -0.15) is 0 Å². The fraction of sp³-hybridized carbons (Fsp3) is 0.625. The van der Waals surface area contributed by atoms with E-state index < -0.39 is 0 Å². The van der Waals surface area contributed by atoms with Crippen molar-refractivity contribution in [2.45, 2.75) is 26.5 Å². The third-order valence-electron chi connectivity index (χ3n) is 1.57. The molecule has 68 valence electrons. The molecular formula is C8H14N2OS. The van der Waals surface area contributed by atoms with Gasteiger partial charge in [-0.3, -0.25) is 0 Å². The van der Waals surface area contributed by atoms with E-state index >= 15 is 0 Å². The first-order valence-corrected chi connectivity index (χ1v) is 4.86. The Hall–Kier alpha value is -0.450. The Morgan fingerprint density at radius 1 is 1.75 bits per heavy atom. The maximum absolute atomic E-state index is 8.98. The van der Waals surface area contributed by atoms with Crippen molar-refractivity contribution in [3.05, 3.63) is 16.1 Å². The Morgan fingerprint density at radius 3 is 3.00 bits per heavy atom. The van der Waals surface area contributed by atoms with E-state index in [0.717, 1.165) is 12.2 Å². The second kappa shape index (κ2) is 4.54. The highest BCUT2D eigenvalue weighted by molar-refractivity contribution is 7.09. The van der Waals surface area contributed by atoms with E-state index in [4.69, 9.17) is 5.11 Å². The molecule has 0 fully saturated rings. The summed E-state index contributed by atoms with van der Waals surface area (Å²) in [6.45, 7) is 5.21. The van der Waals surface area contributed by atoms with E-state index in [2.05, 4.69) is 10.3 Å². The fourth-order valence-electron chi connectivity index (χ4n) is 0.890. The summed E-state index contributed by atoms with van der Waals surface area (Å²) in [6.07, 6.45) is -0.279. The number of hydrogen-bond acceptors (Lipinski definition) is 4. The van der Waals surface area contributed by atoms with Crippen molar-refractivity contribution >= 4 is 11.3 Å². The number of nitrogens with one attached hydrogen (secondary N) is 1. The lowest BCUT2D eigenvalue weighted by Gasteiger charge is -2.05. The maximum Gasteiger partial charge on any atom is 0.0798 e. The van der Waals surface area contributed by atoms with Gasteiger partial charge in [-0.15, -0.1) is 11.3 Å². The average molecular weight is 186 g/mol. The number of aryl methyl sites for hydroxylation is 1. The molecule has 2 N–H and O–H groups in total. The second-order valence-corrected chi connectivity index (χ2v) is 3.78. The van der Waals surface area contributed by atoms with Gasteiger partial charge in [0.25, 0.3) is 0 Å². The predicted molar refractivity (Wildman–Crippen MR) is 50.2 cm³/mol. The Labute approximate surface area is 76.5 Å². The topological polar surface area (TPSA) is 45.2 Å². The zero-order valence-corrected chi connectivity index (χ0v) is 8.19. The van der Waals surface area contributed by atoms with Gasteiger partial charge in [-0.25, -0.2) is 4.98 Å². The van der Waals surface area contributed by atoms with Crippen LogP contribution >= 0.6 is 11.3 Å². The molecule has 0 aliphatic rings. The van der Waals surface area contributed by atoms with Crippen molar-refractivity contribution in [1.29, 1.82) is 0 Å². The van der Waals surface area contributed by atoms with Gasteiger partial charge < -0.3 is 10.4 Å². The normalized spacial score (nSPS) is 13.2. The zero-order chi connectivity index (χ0) is 8.97. The van der Waals surface area contributed by atoms with Crippen molar-refractivity contribution in [2.75, 3.05) is 6.54 Å². The first-order valence-electron chi connectivity index (χ1n) is 3.98. The van der Waals surface area contributed by atoms with Crippen LogP contribution in [0, 0.1) is 6.92 Å². The molecule has 0 unspecified atom stereocenters. The number of thiazole rings is 1. The van der Waals surface area contributed by atoms with Gasteiger partial charge in [0.1, 0.15) is 0 Å². The van der Waals surface area contributed by atoms with E-state index in [-0.39, 0.29) is 6.10 Å². The summed E-state index contributed by atoms with van der Waals surface area (Å²) in [5.41, 5.74) is 2.92. The summed E-state index contributed by atoms with van der Waals surface area (Å²) >= 11 is 1.65. The Bertz CT molecular complexity index is 235. The van der Waals surface area contributed by atoms with Gasteiger partial charge in [0.15, 0.2) is 0 Å². The molecule has 0 saturated heterocycles. The summed E-state index contributed by atoms with van der Waals surface area (Å²) in [7, 11) is 0. The second-order valence-electron chi connectivity index (χ2n) is 2.84. The number of aliphatic hydroxyl groups excluding tert-OH is 1. The minimum atomic E-state index is -0.279. The smallest absolute Gasteiger partial charge is 0.0798 e. The lowest BCUT2D eigenvalue weighted by atomic mass is 10.3. The van der Waals surface area contributed by atoms with Crippen LogP contribution in [0.15, 0.2) is 5.51 Å². The Morgan fingerprint density at radius 2 is 2.50 bits per heavy atom. The zero-order valence-electron chi connectivity index (χ0n) is 7.37. The number of aliphatic hydroxyl groups is 1. The van der Waals surface area contributed by atoms with E-state index in [1.165, 1.54) is 4.88 Å². The highest BCUT2D eigenvalue weighted by Gasteiger charge is 2.00. The molecule has 0 aliphatic carbocycles. The van der Waals surface area contributed by atoms with Gasteiger partial charge in [-0.05, 0) is 13.8 Å². The van der Waals surface area contributed by atoms with Crippen LogP contribution in [-0.2, 0) is 6.54 Å². The van der Waals surface area contributed by atoms with Crippen molar-refractivity contribution in [3.8, 4) is 0 Å². The van der Waals surface area contributed by atoms with Gasteiger partial charge in [0.05, 0.1) is 17.3 Å². The first kappa shape index (κ1) is 9.64. The van der Waals surface area contributed by atoms with E-state index in [9.17, 15) is 0 Å². The lowest BCUT2D eigenvalue weighted by Crippen LogP contribution is -2.23. The molecular weight excluding hydrogens is 172 g/mol. The minimum absolute atomic E-state index is 0.279. The van der Waals surface area contributed by atoms with Gasteiger partial charge in [0.2, 0.25) is 0 Å². The van der Waals surface area contributed by atoms with Crippen molar-refractivity contribution in [3.63, 3.8) is 0 Å². The van der Waals surface area contributed by atoms with E-state index in [1.807, 2.05) is 12.4 Å². The molecule has 1 aromatic heterocycles. The lowest BCUT2D eigenvalue weighted by molar-refractivity contribution is 0.191. The molecule has 12 heavy (non-hydrogen) atoms. The highest BCUT2D eigenvalue weighted by atomic mass is 32.1. The average Bonchev–Trinajstić information content (AvgIpc) is 2.36. The molecule has 0 bridgehead atoms. The van der Waals surface area contributed by atoms with Crippen LogP contribution < -0.4 is 5.32 Å². The summed E-state index contributed by atoms with van der Waals surface area (Å²) < 4.78 is 0. The van der Waals surface area contributed by atoms with Crippen LogP contribution in [0.25, 0.3) is 0 Å². The molecule has 3 nitrogen and oxygen atoms in total. The van der Waals surface area contributed by atoms with Crippen molar-refractivity contribution in [2.24, 2.45) is 0 Å². The quantitative estimate of drug-likeness (QED) is 0.735. The Kier molecular flexibility index (Phi) is 3.65. The number of aromatic nitrogens is 1. The van der Waals surface area contributed by atoms with Crippen LogP contribution in [-0.4, -0.2) is 22.7 Å². The van der Waals surface area contributed by atoms with Crippen LogP contribution in [0.2, 0.25) is 0 Å². The van der Waals surface area contributed by atoms with Crippen molar-refractivity contribution < 1.29 is 5.11 Å². The standard InChI is InChI=1S/C8H14N2OS/c1-6(11)3-9-4-8-7(2)10-5-12-8/h5-6,9,11H,3-4H2,1-2H3/t6-/m0/s1. The molecule has 0 radical (unpaired) electrons. The number of nitrogens with zero attached hydrogens (tertiary/aromatic N) is 1. The minimum Gasteiger partial charge on any atom is -0.392 e. The monoisotopic (exact) mass is 186 g/mol. The largest absolute Gasteiger partial charge is 0.392 e. The Balaban J connectivity index is 2.29. The van der Waals surface area contributed by atoms with Gasteiger partial charge in [0, 0.05) is 18.0 Å². The number of hydrogen-bond donors (Lipinski definition) is 2. The van der Waals surface area contributed by atoms with Crippen molar-refractivity contribution in [1.82, 2.24) is 10.3 Å². The van der Waals surface area contributed by atoms with Gasteiger partial charge >= 0.3 is 0 Å². The molecule has 0 amide bonds. The summed E-state index contributed by atoms with van der Waals surface area (Å²) in [4.78, 5) is 5.38. The molecule has 0 aliphatic heterocycles. The summed E-state index contributed by atoms with van der Waals surface area (Å²) in [5.74, 6) is 0. The maximum atomic E-state index is 8.98. The molecule has 0 spiro atoms. The molecule has 0 saturated carbocycles. The van der Waals surface area contributed by atoms with E-state index in [1.54, 1.807) is 18.3 Å². The summed E-state index contributed by atoms with van der Waals surface area (Å²) in [5, 5.41) is 12.1.